The molecule has 0 aromatic rings. The van der Waals surface area contributed by atoms with Crippen LogP contribution in [-0.2, 0) is 4.74 Å². The summed E-state index contributed by atoms with van der Waals surface area (Å²) in [6, 6.07) is 0.525. The van der Waals surface area contributed by atoms with E-state index in [4.69, 9.17) is 22.7 Å². The molecule has 0 heterocycles. The first kappa shape index (κ1) is 15.8. The van der Waals surface area contributed by atoms with E-state index in [2.05, 4.69) is 25.7 Å². The van der Waals surface area contributed by atoms with Gasteiger partial charge in [-0.1, -0.05) is 26.1 Å². The Morgan fingerprint density at radius 1 is 1.38 bits per heavy atom. The molecule has 0 aliphatic rings. The van der Waals surface area contributed by atoms with E-state index in [1.54, 1.807) is 7.11 Å². The summed E-state index contributed by atoms with van der Waals surface area (Å²) in [6.07, 6.45) is 1.86. The van der Waals surface area contributed by atoms with Gasteiger partial charge in [-0.25, -0.2) is 0 Å². The molecule has 2 N–H and O–H groups in total. The molecule has 3 nitrogen and oxygen atoms in total. The van der Waals surface area contributed by atoms with Crippen molar-refractivity contribution in [3.63, 3.8) is 0 Å². The zero-order valence-electron chi connectivity index (χ0n) is 11.0. The van der Waals surface area contributed by atoms with Crippen LogP contribution in [0.15, 0.2) is 0 Å². The summed E-state index contributed by atoms with van der Waals surface area (Å²) in [6.45, 7) is 9.56. The number of thiocarbonyl (C=S) groups is 1. The Bertz CT molecular complexity index is 197. The number of hydrogen-bond donors (Lipinski definition) is 1. The minimum Gasteiger partial charge on any atom is -0.393 e. The fraction of sp³-hybridized carbons (Fsp3) is 0.917. The van der Waals surface area contributed by atoms with Crippen molar-refractivity contribution >= 4 is 17.2 Å². The molecule has 96 valence electrons. The lowest BCUT2D eigenvalue weighted by molar-refractivity contribution is 0.131. The van der Waals surface area contributed by atoms with Gasteiger partial charge in [-0.15, -0.1) is 0 Å². The van der Waals surface area contributed by atoms with Crippen molar-refractivity contribution in [1.29, 1.82) is 0 Å². The number of nitrogens with two attached hydrogens (primary N) is 1. The average molecular weight is 246 g/mol. The molecular formula is C12H26N2OS. The molecule has 0 fully saturated rings. The van der Waals surface area contributed by atoms with Gasteiger partial charge in [-0.3, -0.25) is 4.90 Å². The molecule has 1 atom stereocenters. The van der Waals surface area contributed by atoms with Gasteiger partial charge >= 0.3 is 0 Å². The maximum absolute atomic E-state index is 5.55. The molecule has 16 heavy (non-hydrogen) atoms. The van der Waals surface area contributed by atoms with Crippen molar-refractivity contribution in [1.82, 2.24) is 4.90 Å². The van der Waals surface area contributed by atoms with E-state index in [1.165, 1.54) is 0 Å². The van der Waals surface area contributed by atoms with Crippen LogP contribution in [-0.4, -0.2) is 42.7 Å². The van der Waals surface area contributed by atoms with Crippen LogP contribution in [0.5, 0.6) is 0 Å². The number of rotatable bonds is 9. The summed E-state index contributed by atoms with van der Waals surface area (Å²) in [5.41, 5.74) is 5.55. The molecule has 0 aliphatic heterocycles. The standard InChI is InChI=1S/C12H26N2OS/c1-10(2)9-14(7-5-12(13)16)11(3)6-8-15-4/h10-11H,5-9H2,1-4H3,(H2,13,16). The first-order chi connectivity index (χ1) is 7.47. The number of ether oxygens (including phenoxy) is 1. The fourth-order valence-electron chi connectivity index (χ4n) is 1.69. The second-order valence-electron chi connectivity index (χ2n) is 4.74. The number of nitrogens with zero attached hydrogens (tertiary/aromatic N) is 1. The smallest absolute Gasteiger partial charge is 0.0740 e. The largest absolute Gasteiger partial charge is 0.393 e. The molecule has 1 unspecified atom stereocenters. The second-order valence-corrected chi connectivity index (χ2v) is 5.26. The van der Waals surface area contributed by atoms with E-state index in [0.29, 0.717) is 16.9 Å². The number of methoxy groups -OCH3 is 1. The molecule has 0 saturated carbocycles. The minimum absolute atomic E-state index is 0.525. The van der Waals surface area contributed by atoms with Crippen LogP contribution in [0.4, 0.5) is 0 Å². The van der Waals surface area contributed by atoms with Crippen LogP contribution in [0, 0.1) is 5.92 Å². The van der Waals surface area contributed by atoms with Gasteiger partial charge in [0.2, 0.25) is 0 Å². The van der Waals surface area contributed by atoms with Crippen LogP contribution in [0.3, 0.4) is 0 Å². The molecule has 0 radical (unpaired) electrons. The average Bonchev–Trinajstić information content (AvgIpc) is 2.19. The zero-order chi connectivity index (χ0) is 12.6. The van der Waals surface area contributed by atoms with Crippen molar-refractivity contribution in [2.75, 3.05) is 26.8 Å². The number of hydrogen-bond acceptors (Lipinski definition) is 3. The highest BCUT2D eigenvalue weighted by molar-refractivity contribution is 7.80. The first-order valence-corrected chi connectivity index (χ1v) is 6.39. The Kier molecular flexibility index (Phi) is 8.80. The maximum atomic E-state index is 5.55. The molecule has 0 aliphatic carbocycles. The van der Waals surface area contributed by atoms with Crippen LogP contribution >= 0.6 is 12.2 Å². The van der Waals surface area contributed by atoms with Crippen molar-refractivity contribution in [3.8, 4) is 0 Å². The lowest BCUT2D eigenvalue weighted by Gasteiger charge is -2.30. The van der Waals surface area contributed by atoms with E-state index in [-0.39, 0.29) is 0 Å². The Hall–Kier alpha value is -0.190. The molecule has 0 amide bonds. The van der Waals surface area contributed by atoms with E-state index in [9.17, 15) is 0 Å². The third-order valence-corrected chi connectivity index (χ3v) is 2.81. The molecule has 0 bridgehead atoms. The quantitative estimate of drug-likeness (QED) is 0.632. The Morgan fingerprint density at radius 2 is 2.00 bits per heavy atom. The van der Waals surface area contributed by atoms with Crippen molar-refractivity contribution < 1.29 is 4.74 Å². The topological polar surface area (TPSA) is 38.5 Å². The molecular weight excluding hydrogens is 220 g/mol. The predicted octanol–water partition coefficient (Wildman–Crippen LogP) is 2.05. The Morgan fingerprint density at radius 3 is 2.44 bits per heavy atom. The molecule has 4 heteroatoms. The summed E-state index contributed by atoms with van der Waals surface area (Å²) in [5, 5.41) is 0. The van der Waals surface area contributed by atoms with Gasteiger partial charge in [0.1, 0.15) is 0 Å². The van der Waals surface area contributed by atoms with Crippen molar-refractivity contribution in [2.45, 2.75) is 39.7 Å². The summed E-state index contributed by atoms with van der Waals surface area (Å²) < 4.78 is 5.12. The van der Waals surface area contributed by atoms with Crippen LogP contribution < -0.4 is 5.73 Å². The van der Waals surface area contributed by atoms with E-state index in [0.717, 1.165) is 32.5 Å². The minimum atomic E-state index is 0.525. The highest BCUT2D eigenvalue weighted by atomic mass is 32.1. The van der Waals surface area contributed by atoms with E-state index < -0.39 is 0 Å². The molecule has 0 aromatic carbocycles. The molecule has 0 aromatic heterocycles. The zero-order valence-corrected chi connectivity index (χ0v) is 11.8. The monoisotopic (exact) mass is 246 g/mol. The maximum Gasteiger partial charge on any atom is 0.0740 e. The van der Waals surface area contributed by atoms with Gasteiger partial charge in [0.25, 0.3) is 0 Å². The third-order valence-electron chi connectivity index (χ3n) is 2.61. The Labute approximate surface area is 105 Å². The van der Waals surface area contributed by atoms with Gasteiger partial charge in [0.15, 0.2) is 0 Å². The van der Waals surface area contributed by atoms with Gasteiger partial charge in [0.05, 0.1) is 4.99 Å². The molecule has 0 spiro atoms. The fourth-order valence-corrected chi connectivity index (χ4v) is 1.78. The Balaban J connectivity index is 4.11. The molecule has 0 saturated heterocycles. The SMILES string of the molecule is COCCC(C)N(CCC(N)=S)CC(C)C. The second kappa shape index (κ2) is 8.90. The lowest BCUT2D eigenvalue weighted by Crippen LogP contribution is -2.38. The summed E-state index contributed by atoms with van der Waals surface area (Å²) in [4.78, 5) is 3.05. The van der Waals surface area contributed by atoms with Gasteiger partial charge in [-0.2, -0.15) is 0 Å². The lowest BCUT2D eigenvalue weighted by atomic mass is 10.1. The van der Waals surface area contributed by atoms with Gasteiger partial charge in [0, 0.05) is 39.3 Å². The molecule has 0 rings (SSSR count). The predicted molar refractivity (Wildman–Crippen MR) is 73.8 cm³/mol. The van der Waals surface area contributed by atoms with Crippen LogP contribution in [0.25, 0.3) is 0 Å². The summed E-state index contributed by atoms with van der Waals surface area (Å²) in [5.74, 6) is 0.663. The van der Waals surface area contributed by atoms with Crippen LogP contribution in [0.2, 0.25) is 0 Å². The first-order valence-electron chi connectivity index (χ1n) is 5.98. The summed E-state index contributed by atoms with van der Waals surface area (Å²) >= 11 is 4.93. The normalized spacial score (nSPS) is 13.4. The van der Waals surface area contributed by atoms with Crippen molar-refractivity contribution in [3.05, 3.63) is 0 Å². The van der Waals surface area contributed by atoms with Gasteiger partial charge < -0.3 is 10.5 Å². The van der Waals surface area contributed by atoms with Crippen LogP contribution in [0.1, 0.15) is 33.6 Å². The van der Waals surface area contributed by atoms with E-state index in [1.807, 2.05) is 0 Å². The van der Waals surface area contributed by atoms with Gasteiger partial charge in [-0.05, 0) is 19.3 Å². The van der Waals surface area contributed by atoms with E-state index >= 15 is 0 Å². The van der Waals surface area contributed by atoms with Crippen molar-refractivity contribution in [2.24, 2.45) is 11.7 Å². The third kappa shape index (κ3) is 8.02. The summed E-state index contributed by atoms with van der Waals surface area (Å²) in [7, 11) is 1.74. The highest BCUT2D eigenvalue weighted by Gasteiger charge is 2.14. The highest BCUT2D eigenvalue weighted by Crippen LogP contribution is 2.08.